The van der Waals surface area contributed by atoms with Crippen molar-refractivity contribution in [2.24, 2.45) is 0 Å². The summed E-state index contributed by atoms with van der Waals surface area (Å²) in [6.45, 7) is 9.32. The number of carbonyl (C=O) groups excluding carboxylic acids is 4. The third-order valence-corrected chi connectivity index (χ3v) is 8.87. The summed E-state index contributed by atoms with van der Waals surface area (Å²) in [5.74, 6) is -2.16. The lowest BCUT2D eigenvalue weighted by atomic mass is 9.98. The summed E-state index contributed by atoms with van der Waals surface area (Å²) in [6, 6.07) is 17.9. The van der Waals surface area contributed by atoms with E-state index in [0.29, 0.717) is 35.7 Å². The first kappa shape index (κ1) is 37.8. The largest absolute Gasteiger partial charge is 0.493 e. The van der Waals surface area contributed by atoms with Crippen LogP contribution in [-0.2, 0) is 28.6 Å². The number of fused-ring (bicyclic) bond motifs is 3. The fourth-order valence-electron chi connectivity index (χ4n) is 6.13. The van der Waals surface area contributed by atoms with E-state index in [9.17, 15) is 23.6 Å². The molecule has 0 radical (unpaired) electrons. The fourth-order valence-corrected chi connectivity index (χ4v) is 6.13. The van der Waals surface area contributed by atoms with E-state index in [4.69, 9.17) is 28.4 Å². The third-order valence-electron chi connectivity index (χ3n) is 8.87. The zero-order chi connectivity index (χ0) is 37.0. The molecule has 1 atom stereocenters. The summed E-state index contributed by atoms with van der Waals surface area (Å²) in [4.78, 5) is 48.4. The number of hydrogen-bond donors (Lipinski definition) is 0. The van der Waals surface area contributed by atoms with E-state index in [1.807, 2.05) is 30.3 Å². The van der Waals surface area contributed by atoms with Crippen LogP contribution in [0.3, 0.4) is 0 Å². The molecule has 2 aliphatic carbocycles. The van der Waals surface area contributed by atoms with Crippen LogP contribution in [0.1, 0.15) is 85.7 Å². The van der Waals surface area contributed by atoms with Crippen LogP contribution < -0.4 is 14.2 Å². The molecule has 11 heteroatoms. The number of benzene rings is 3. The lowest BCUT2D eigenvalue weighted by Crippen LogP contribution is -2.22. The van der Waals surface area contributed by atoms with E-state index in [0.717, 1.165) is 54.4 Å². The van der Waals surface area contributed by atoms with Crippen molar-refractivity contribution in [3.8, 4) is 28.4 Å². The highest BCUT2D eigenvalue weighted by Crippen LogP contribution is 2.47. The maximum absolute atomic E-state index is 13.0. The molecule has 3 aromatic rings. The second-order valence-electron chi connectivity index (χ2n) is 12.7. The van der Waals surface area contributed by atoms with Crippen LogP contribution in [0.25, 0.3) is 11.1 Å². The highest BCUT2D eigenvalue weighted by Gasteiger charge is 2.27. The molecule has 0 heterocycles. The molecule has 3 aromatic carbocycles. The Morgan fingerprint density at radius 3 is 1.90 bits per heavy atom. The molecule has 0 aliphatic heterocycles. The van der Waals surface area contributed by atoms with Gasteiger partial charge < -0.3 is 28.4 Å². The summed E-state index contributed by atoms with van der Waals surface area (Å²) in [6.07, 6.45) is 5.51. The third kappa shape index (κ3) is 10.3. The maximum atomic E-state index is 13.0. The first-order valence-corrected chi connectivity index (χ1v) is 17.5. The molecule has 52 heavy (non-hydrogen) atoms. The standard InChI is InChI=1S/C41H43FO10/c1-26(23-38(43)51-31-9-5-4-6-10-31)39(44)49-21-7-19-47-30-13-11-29(12-14-30)41(46)52-33-16-18-35-34-17-15-32(24-36(34)27(2)37(35)25-33)48-20-8-22-50-40(45)28(3)42/h11-18,24-25,27,31H,1,3-10,19-23H2,2H3. The van der Waals surface area contributed by atoms with Crippen molar-refractivity contribution in [3.05, 3.63) is 102 Å². The minimum absolute atomic E-state index is 0.0226. The van der Waals surface area contributed by atoms with Gasteiger partial charge in [0, 0.05) is 24.3 Å². The van der Waals surface area contributed by atoms with E-state index in [1.165, 1.54) is 0 Å². The van der Waals surface area contributed by atoms with E-state index in [2.05, 4.69) is 20.1 Å². The molecule has 1 saturated carbocycles. The second kappa shape index (κ2) is 18.2. The van der Waals surface area contributed by atoms with E-state index in [1.54, 1.807) is 30.3 Å². The van der Waals surface area contributed by atoms with Crippen molar-refractivity contribution in [3.63, 3.8) is 0 Å². The van der Waals surface area contributed by atoms with Gasteiger partial charge in [-0.2, -0.15) is 4.39 Å². The molecule has 0 amide bonds. The zero-order valence-electron chi connectivity index (χ0n) is 29.3. The molecule has 0 saturated heterocycles. The van der Waals surface area contributed by atoms with Gasteiger partial charge in [-0.1, -0.05) is 38.6 Å². The number of carbonyl (C=O) groups is 4. The number of hydrogen-bond acceptors (Lipinski definition) is 10. The van der Waals surface area contributed by atoms with E-state index >= 15 is 0 Å². The summed E-state index contributed by atoms with van der Waals surface area (Å²) in [5, 5.41) is 0. The zero-order valence-corrected chi connectivity index (χ0v) is 29.3. The van der Waals surface area contributed by atoms with Crippen LogP contribution in [0.5, 0.6) is 17.2 Å². The summed E-state index contributed by atoms with van der Waals surface area (Å²) < 4.78 is 45.3. The number of rotatable bonds is 17. The molecule has 1 fully saturated rings. The average molecular weight is 715 g/mol. The Balaban J connectivity index is 1.02. The van der Waals surface area contributed by atoms with E-state index < -0.39 is 29.7 Å². The predicted molar refractivity (Wildman–Crippen MR) is 190 cm³/mol. The van der Waals surface area contributed by atoms with Crippen molar-refractivity contribution >= 4 is 23.9 Å². The van der Waals surface area contributed by atoms with Gasteiger partial charge >= 0.3 is 23.9 Å². The van der Waals surface area contributed by atoms with Gasteiger partial charge in [-0.15, -0.1) is 0 Å². The average Bonchev–Trinajstić information content (AvgIpc) is 3.41. The molecule has 0 spiro atoms. The van der Waals surface area contributed by atoms with Crippen LogP contribution in [0.4, 0.5) is 4.39 Å². The molecule has 2 aliphatic rings. The van der Waals surface area contributed by atoms with Crippen LogP contribution in [0, 0.1) is 0 Å². The minimum Gasteiger partial charge on any atom is -0.493 e. The lowest BCUT2D eigenvalue weighted by molar-refractivity contribution is -0.151. The van der Waals surface area contributed by atoms with Gasteiger partial charge in [-0.25, -0.2) is 14.4 Å². The Hall–Kier alpha value is -5.45. The number of esters is 4. The van der Waals surface area contributed by atoms with Gasteiger partial charge in [0.15, 0.2) is 0 Å². The lowest BCUT2D eigenvalue weighted by Gasteiger charge is -2.21. The SMILES string of the molecule is C=C(F)C(=O)OCCCOc1ccc2c(c1)C(C)c1cc(OC(=O)c3ccc(OCCCOC(=O)C(=C)CC(=O)OC4CCCCC4)cc3)ccc1-2. The maximum Gasteiger partial charge on any atom is 0.366 e. The van der Waals surface area contributed by atoms with Crippen molar-refractivity contribution in [2.75, 3.05) is 26.4 Å². The van der Waals surface area contributed by atoms with Crippen molar-refractivity contribution in [2.45, 2.75) is 70.3 Å². The predicted octanol–water partition coefficient (Wildman–Crippen LogP) is 7.97. The Morgan fingerprint density at radius 1 is 0.712 bits per heavy atom. The van der Waals surface area contributed by atoms with Crippen molar-refractivity contribution < 1.29 is 52.0 Å². The minimum atomic E-state index is -1.13. The fraction of sp³-hybridized carbons (Fsp3) is 0.366. The summed E-state index contributed by atoms with van der Waals surface area (Å²) in [7, 11) is 0. The molecule has 274 valence electrons. The van der Waals surface area contributed by atoms with Gasteiger partial charge in [-0.05, 0) is 96.5 Å². The Morgan fingerprint density at radius 2 is 1.27 bits per heavy atom. The summed E-state index contributed by atoms with van der Waals surface area (Å²) >= 11 is 0. The van der Waals surface area contributed by atoms with Crippen LogP contribution in [-0.4, -0.2) is 56.4 Å². The van der Waals surface area contributed by atoms with Gasteiger partial charge in [0.25, 0.3) is 0 Å². The first-order chi connectivity index (χ1) is 25.1. The normalized spacial score (nSPS) is 14.7. The second-order valence-corrected chi connectivity index (χ2v) is 12.7. The van der Waals surface area contributed by atoms with Crippen molar-refractivity contribution in [1.82, 2.24) is 0 Å². The Labute approximate surface area is 302 Å². The first-order valence-electron chi connectivity index (χ1n) is 17.5. The molecule has 5 rings (SSSR count). The molecule has 10 nitrogen and oxygen atoms in total. The van der Waals surface area contributed by atoms with Gasteiger partial charge in [0.05, 0.1) is 38.4 Å². The highest BCUT2D eigenvalue weighted by atomic mass is 19.1. The molecule has 0 N–H and O–H groups in total. The molecule has 0 aromatic heterocycles. The molecular weight excluding hydrogens is 671 g/mol. The molecule has 1 unspecified atom stereocenters. The van der Waals surface area contributed by atoms with E-state index in [-0.39, 0.29) is 50.4 Å². The molecule has 0 bridgehead atoms. The quantitative estimate of drug-likeness (QED) is 0.0447. The van der Waals surface area contributed by atoms with Crippen LogP contribution >= 0.6 is 0 Å². The smallest absolute Gasteiger partial charge is 0.366 e. The number of halogens is 1. The molecular formula is C41H43FO10. The van der Waals surface area contributed by atoms with Gasteiger partial charge in [0.2, 0.25) is 5.83 Å². The van der Waals surface area contributed by atoms with Crippen molar-refractivity contribution in [1.29, 1.82) is 0 Å². The number of ether oxygens (including phenoxy) is 6. The van der Waals surface area contributed by atoms with Gasteiger partial charge in [0.1, 0.15) is 23.4 Å². The summed E-state index contributed by atoms with van der Waals surface area (Å²) in [5.41, 5.74) is 4.61. The van der Waals surface area contributed by atoms with Crippen LogP contribution in [0.2, 0.25) is 0 Å². The van der Waals surface area contributed by atoms with Crippen LogP contribution in [0.15, 0.2) is 85.2 Å². The highest BCUT2D eigenvalue weighted by molar-refractivity contribution is 5.93. The monoisotopic (exact) mass is 714 g/mol. The Bertz CT molecular complexity index is 1790. The van der Waals surface area contributed by atoms with Gasteiger partial charge in [-0.3, -0.25) is 4.79 Å². The topological polar surface area (TPSA) is 124 Å². The Kier molecular flexibility index (Phi) is 13.2.